The zero-order valence-electron chi connectivity index (χ0n) is 7.41. The van der Waals surface area contributed by atoms with E-state index in [4.69, 9.17) is 0 Å². The Morgan fingerprint density at radius 1 is 1.33 bits per heavy atom. The van der Waals surface area contributed by atoms with Gasteiger partial charge < -0.3 is 4.90 Å². The van der Waals surface area contributed by atoms with Crippen LogP contribution in [0.4, 0.5) is 0 Å². The predicted octanol–water partition coefficient (Wildman–Crippen LogP) is 0.442. The molecule has 2 fully saturated rings. The first-order chi connectivity index (χ1) is 5.61. The molecule has 1 saturated heterocycles. The lowest BCUT2D eigenvalue weighted by Crippen LogP contribution is -2.41. The van der Waals surface area contributed by atoms with Crippen LogP contribution in [0.3, 0.4) is 0 Å². The molecule has 2 aliphatic rings. The van der Waals surface area contributed by atoms with Gasteiger partial charge in [-0.2, -0.15) is 0 Å². The van der Waals surface area contributed by atoms with E-state index in [2.05, 4.69) is 0 Å². The van der Waals surface area contributed by atoms with Crippen molar-refractivity contribution in [3.8, 4) is 0 Å². The summed E-state index contributed by atoms with van der Waals surface area (Å²) in [5.74, 6) is 1.31. The fourth-order valence-corrected chi connectivity index (χ4v) is 2.31. The number of carbonyl (C=O) groups excluding carboxylic acids is 2. The maximum absolute atomic E-state index is 11.2. The summed E-state index contributed by atoms with van der Waals surface area (Å²) in [5, 5.41) is 0. The van der Waals surface area contributed by atoms with E-state index in [0.717, 1.165) is 13.0 Å². The maximum Gasteiger partial charge on any atom is 0.220 e. The van der Waals surface area contributed by atoms with Gasteiger partial charge in [0.15, 0.2) is 5.78 Å². The van der Waals surface area contributed by atoms with Gasteiger partial charge in [0.05, 0.1) is 6.04 Å². The van der Waals surface area contributed by atoms with Crippen molar-refractivity contribution in [1.29, 1.82) is 0 Å². The summed E-state index contributed by atoms with van der Waals surface area (Å²) in [4.78, 5) is 24.0. The molecule has 0 spiro atoms. The standard InChI is InChI=1S/C9H13NO2/c1-5(11)9-8-3-7(8)4-10(9)6(2)12/h7-9H,3-4H2,1-2H3. The molecule has 3 nitrogen and oxygen atoms in total. The van der Waals surface area contributed by atoms with E-state index < -0.39 is 0 Å². The largest absolute Gasteiger partial charge is 0.332 e. The molecule has 66 valence electrons. The molecule has 3 unspecified atom stereocenters. The van der Waals surface area contributed by atoms with Crippen molar-refractivity contribution in [1.82, 2.24) is 4.90 Å². The number of likely N-dealkylation sites (tertiary alicyclic amines) is 1. The zero-order valence-corrected chi connectivity index (χ0v) is 7.41. The molecule has 3 atom stereocenters. The zero-order chi connectivity index (χ0) is 8.88. The van der Waals surface area contributed by atoms with E-state index in [1.807, 2.05) is 0 Å². The minimum Gasteiger partial charge on any atom is -0.332 e. The summed E-state index contributed by atoms with van der Waals surface area (Å²) in [6.07, 6.45) is 1.15. The summed E-state index contributed by atoms with van der Waals surface area (Å²) in [6, 6.07) is -0.0903. The van der Waals surface area contributed by atoms with Crippen LogP contribution >= 0.6 is 0 Å². The van der Waals surface area contributed by atoms with Crippen LogP contribution in [0.15, 0.2) is 0 Å². The van der Waals surface area contributed by atoms with E-state index in [-0.39, 0.29) is 17.7 Å². The Labute approximate surface area is 71.7 Å². The number of carbonyl (C=O) groups is 2. The number of nitrogens with zero attached hydrogens (tertiary/aromatic N) is 1. The maximum atomic E-state index is 11.2. The SMILES string of the molecule is CC(=O)C1C2CC2CN1C(C)=O. The quantitative estimate of drug-likeness (QED) is 0.568. The third-order valence-corrected chi connectivity index (χ3v) is 2.97. The summed E-state index contributed by atoms with van der Waals surface area (Å²) < 4.78 is 0. The fraction of sp³-hybridized carbons (Fsp3) is 0.778. The molecule has 0 radical (unpaired) electrons. The van der Waals surface area contributed by atoms with Crippen LogP contribution in [0.1, 0.15) is 20.3 Å². The fourth-order valence-electron chi connectivity index (χ4n) is 2.31. The van der Waals surface area contributed by atoms with Crippen LogP contribution < -0.4 is 0 Å². The summed E-state index contributed by atoms with van der Waals surface area (Å²) >= 11 is 0. The van der Waals surface area contributed by atoms with Crippen molar-refractivity contribution in [2.45, 2.75) is 26.3 Å². The van der Waals surface area contributed by atoms with Gasteiger partial charge in [0, 0.05) is 13.5 Å². The topological polar surface area (TPSA) is 37.4 Å². The molecule has 1 saturated carbocycles. The number of ketones is 1. The van der Waals surface area contributed by atoms with Crippen LogP contribution in [-0.2, 0) is 9.59 Å². The van der Waals surface area contributed by atoms with Gasteiger partial charge in [-0.3, -0.25) is 9.59 Å². The Kier molecular flexibility index (Phi) is 1.50. The monoisotopic (exact) mass is 167 g/mol. The van der Waals surface area contributed by atoms with E-state index in [1.54, 1.807) is 18.7 Å². The molecule has 1 aliphatic carbocycles. The Bertz CT molecular complexity index is 249. The number of fused-ring (bicyclic) bond motifs is 1. The van der Waals surface area contributed by atoms with Crippen LogP contribution in [0.2, 0.25) is 0 Å². The molecular formula is C9H13NO2. The van der Waals surface area contributed by atoms with E-state index in [0.29, 0.717) is 11.8 Å². The molecule has 1 aliphatic heterocycles. The number of amides is 1. The Morgan fingerprint density at radius 3 is 2.42 bits per heavy atom. The smallest absolute Gasteiger partial charge is 0.220 e. The third kappa shape index (κ3) is 0.958. The minimum absolute atomic E-state index is 0.0439. The first kappa shape index (κ1) is 7.77. The van der Waals surface area contributed by atoms with Gasteiger partial charge in [-0.1, -0.05) is 0 Å². The lowest BCUT2D eigenvalue weighted by atomic mass is 10.1. The molecule has 12 heavy (non-hydrogen) atoms. The van der Waals surface area contributed by atoms with Crippen molar-refractivity contribution in [2.24, 2.45) is 11.8 Å². The number of Topliss-reactive ketones (excluding diaryl/α,β-unsaturated/α-hetero) is 1. The molecule has 0 aromatic rings. The van der Waals surface area contributed by atoms with Gasteiger partial charge in [-0.15, -0.1) is 0 Å². The van der Waals surface area contributed by atoms with Gasteiger partial charge in [0.25, 0.3) is 0 Å². The molecular weight excluding hydrogens is 154 g/mol. The van der Waals surface area contributed by atoms with E-state index in [1.165, 1.54) is 0 Å². The second-order valence-electron chi connectivity index (χ2n) is 3.89. The third-order valence-electron chi connectivity index (χ3n) is 2.97. The van der Waals surface area contributed by atoms with Gasteiger partial charge in [-0.05, 0) is 25.2 Å². The molecule has 1 heterocycles. The van der Waals surface area contributed by atoms with Crippen LogP contribution in [0.5, 0.6) is 0 Å². The summed E-state index contributed by atoms with van der Waals surface area (Å²) in [6.45, 7) is 3.94. The molecule has 0 aromatic heterocycles. The number of rotatable bonds is 1. The highest BCUT2D eigenvalue weighted by molar-refractivity contribution is 5.88. The number of piperidine rings is 1. The van der Waals surface area contributed by atoms with Crippen molar-refractivity contribution in [2.75, 3.05) is 6.54 Å². The van der Waals surface area contributed by atoms with Crippen LogP contribution in [-0.4, -0.2) is 29.2 Å². The Hall–Kier alpha value is -0.860. The average Bonchev–Trinajstić information content (AvgIpc) is 2.60. The highest BCUT2D eigenvalue weighted by Crippen LogP contribution is 2.49. The molecule has 0 aromatic carbocycles. The lowest BCUT2D eigenvalue weighted by molar-refractivity contribution is -0.136. The summed E-state index contributed by atoms with van der Waals surface area (Å²) in [7, 11) is 0. The van der Waals surface area contributed by atoms with Crippen molar-refractivity contribution < 1.29 is 9.59 Å². The minimum atomic E-state index is -0.0903. The predicted molar refractivity (Wildman–Crippen MR) is 43.5 cm³/mol. The van der Waals surface area contributed by atoms with Gasteiger partial charge in [0.2, 0.25) is 5.91 Å². The molecule has 0 bridgehead atoms. The number of hydrogen-bond donors (Lipinski definition) is 0. The molecule has 3 heteroatoms. The second-order valence-corrected chi connectivity index (χ2v) is 3.89. The highest BCUT2D eigenvalue weighted by Gasteiger charge is 2.54. The number of hydrogen-bond acceptors (Lipinski definition) is 2. The van der Waals surface area contributed by atoms with Crippen LogP contribution in [0, 0.1) is 11.8 Å². The van der Waals surface area contributed by atoms with E-state index in [9.17, 15) is 9.59 Å². The summed E-state index contributed by atoms with van der Waals surface area (Å²) in [5.41, 5.74) is 0. The van der Waals surface area contributed by atoms with Crippen LogP contribution in [0.25, 0.3) is 0 Å². The van der Waals surface area contributed by atoms with Crippen molar-refractivity contribution >= 4 is 11.7 Å². The second kappa shape index (κ2) is 2.31. The average molecular weight is 167 g/mol. The normalized spacial score (nSPS) is 37.8. The first-order valence-electron chi connectivity index (χ1n) is 4.39. The Morgan fingerprint density at radius 2 is 2.00 bits per heavy atom. The molecule has 2 rings (SSSR count). The first-order valence-corrected chi connectivity index (χ1v) is 4.39. The lowest BCUT2D eigenvalue weighted by Gasteiger charge is -2.23. The van der Waals surface area contributed by atoms with Gasteiger partial charge in [0.1, 0.15) is 0 Å². The Balaban J connectivity index is 2.16. The van der Waals surface area contributed by atoms with Crippen molar-refractivity contribution in [3.05, 3.63) is 0 Å². The van der Waals surface area contributed by atoms with Gasteiger partial charge in [-0.25, -0.2) is 0 Å². The van der Waals surface area contributed by atoms with Gasteiger partial charge >= 0.3 is 0 Å². The molecule has 1 amide bonds. The van der Waals surface area contributed by atoms with E-state index >= 15 is 0 Å². The molecule has 0 N–H and O–H groups in total. The highest BCUT2D eigenvalue weighted by atomic mass is 16.2. The van der Waals surface area contributed by atoms with Crippen molar-refractivity contribution in [3.63, 3.8) is 0 Å².